The van der Waals surface area contributed by atoms with Gasteiger partial charge in [0.05, 0.1) is 19.4 Å². The molecule has 0 saturated heterocycles. The van der Waals surface area contributed by atoms with Gasteiger partial charge in [-0.05, 0) is 29.7 Å². The zero-order chi connectivity index (χ0) is 20.1. The minimum Gasteiger partial charge on any atom is -0.497 e. The molecule has 0 amide bonds. The lowest BCUT2D eigenvalue weighted by atomic mass is 9.93. The summed E-state index contributed by atoms with van der Waals surface area (Å²) in [5.41, 5.74) is -3.06. The summed E-state index contributed by atoms with van der Waals surface area (Å²) in [4.78, 5) is 0. The number of hydrogen-bond acceptors (Lipinski definition) is 4. The fourth-order valence-corrected chi connectivity index (χ4v) is 3.49. The van der Waals surface area contributed by atoms with Crippen molar-refractivity contribution < 1.29 is 31.4 Å². The Morgan fingerprint density at radius 2 is 1.63 bits per heavy atom. The number of aryl methyl sites for hydroxylation is 1. The Morgan fingerprint density at radius 3 is 2.15 bits per heavy atom. The third-order valence-corrected chi connectivity index (χ3v) is 5.41. The predicted molar refractivity (Wildman–Crippen MR) is 94.9 cm³/mol. The van der Waals surface area contributed by atoms with Crippen molar-refractivity contribution in [2.75, 3.05) is 19.4 Å². The molecule has 148 valence electrons. The van der Waals surface area contributed by atoms with Crippen molar-refractivity contribution in [3.8, 4) is 5.75 Å². The highest BCUT2D eigenvalue weighted by Gasteiger charge is 2.55. The maximum Gasteiger partial charge on any atom is 0.422 e. The molecule has 0 aromatic heterocycles. The molecular weight excluding hydrogens is 383 g/mol. The van der Waals surface area contributed by atoms with Gasteiger partial charge >= 0.3 is 6.18 Å². The van der Waals surface area contributed by atoms with Crippen LogP contribution in [0.4, 0.5) is 13.2 Å². The molecule has 0 saturated carbocycles. The van der Waals surface area contributed by atoms with Gasteiger partial charge in [-0.3, -0.25) is 0 Å². The molecule has 0 fully saturated rings. The highest BCUT2D eigenvalue weighted by molar-refractivity contribution is 7.89. The van der Waals surface area contributed by atoms with Crippen LogP contribution in [-0.4, -0.2) is 39.1 Å². The summed E-state index contributed by atoms with van der Waals surface area (Å²) in [6, 6.07) is 13.0. The molecule has 2 aromatic carbocycles. The molecule has 2 aromatic rings. The van der Waals surface area contributed by atoms with Gasteiger partial charge in [-0.15, -0.1) is 0 Å². The standard InChI is InChI=1S/C18H20F3NO4S/c1-26-16-9-7-14(8-10-16)11-12-27(24,25)22-13-17(23,18(19,20)21)15-5-3-2-4-6-15/h2-10,22-23H,11-13H2,1H3. The zero-order valence-electron chi connectivity index (χ0n) is 14.5. The first-order valence-corrected chi connectivity index (χ1v) is 9.67. The largest absolute Gasteiger partial charge is 0.497 e. The molecule has 2 rings (SSSR count). The Hall–Kier alpha value is -2.10. The fourth-order valence-electron chi connectivity index (χ4n) is 2.41. The SMILES string of the molecule is COc1ccc(CCS(=O)(=O)NCC(O)(c2ccccc2)C(F)(F)F)cc1. The van der Waals surface area contributed by atoms with E-state index in [0.29, 0.717) is 11.3 Å². The number of hydrogen-bond donors (Lipinski definition) is 2. The van der Waals surface area contributed by atoms with Crippen LogP contribution in [0.1, 0.15) is 11.1 Å². The smallest absolute Gasteiger partial charge is 0.422 e. The minimum absolute atomic E-state index is 0.106. The molecule has 2 N–H and O–H groups in total. The molecule has 0 aliphatic heterocycles. The summed E-state index contributed by atoms with van der Waals surface area (Å²) in [5, 5.41) is 10.2. The average molecular weight is 403 g/mol. The van der Waals surface area contributed by atoms with Crippen molar-refractivity contribution in [1.82, 2.24) is 4.72 Å². The van der Waals surface area contributed by atoms with Gasteiger partial charge in [0.1, 0.15) is 5.75 Å². The van der Waals surface area contributed by atoms with E-state index in [4.69, 9.17) is 4.74 Å². The molecule has 9 heteroatoms. The number of halogens is 3. The predicted octanol–water partition coefficient (Wildman–Crippen LogP) is 2.61. The van der Waals surface area contributed by atoms with Gasteiger partial charge in [-0.25, -0.2) is 13.1 Å². The van der Waals surface area contributed by atoms with Crippen molar-refractivity contribution in [2.45, 2.75) is 18.2 Å². The van der Waals surface area contributed by atoms with Gasteiger partial charge in [0.25, 0.3) is 0 Å². The molecule has 1 atom stereocenters. The zero-order valence-corrected chi connectivity index (χ0v) is 15.3. The third kappa shape index (κ3) is 5.44. The lowest BCUT2D eigenvalue weighted by Crippen LogP contribution is -2.51. The minimum atomic E-state index is -5.05. The van der Waals surface area contributed by atoms with Gasteiger partial charge < -0.3 is 9.84 Å². The molecule has 27 heavy (non-hydrogen) atoms. The van der Waals surface area contributed by atoms with Crippen LogP contribution in [0.25, 0.3) is 0 Å². The van der Waals surface area contributed by atoms with Crippen molar-refractivity contribution in [3.63, 3.8) is 0 Å². The van der Waals surface area contributed by atoms with Crippen molar-refractivity contribution in [1.29, 1.82) is 0 Å². The van der Waals surface area contributed by atoms with Gasteiger partial charge in [-0.2, -0.15) is 13.2 Å². The monoisotopic (exact) mass is 403 g/mol. The topological polar surface area (TPSA) is 75.6 Å². The Labute approximate surface area is 155 Å². The van der Waals surface area contributed by atoms with Crippen LogP contribution in [-0.2, 0) is 22.0 Å². The molecular formula is C18H20F3NO4S. The van der Waals surface area contributed by atoms with Gasteiger partial charge in [0, 0.05) is 0 Å². The van der Waals surface area contributed by atoms with Crippen molar-refractivity contribution in [2.24, 2.45) is 0 Å². The van der Waals surface area contributed by atoms with E-state index in [2.05, 4.69) is 0 Å². The average Bonchev–Trinajstić information content (AvgIpc) is 2.65. The van der Waals surface area contributed by atoms with E-state index in [9.17, 15) is 26.7 Å². The normalized spacial score (nSPS) is 14.6. The number of sulfonamides is 1. The third-order valence-electron chi connectivity index (χ3n) is 4.09. The van der Waals surface area contributed by atoms with Gasteiger partial charge in [0.15, 0.2) is 5.60 Å². The number of alkyl halides is 3. The Bertz CT molecular complexity index is 839. The maximum absolute atomic E-state index is 13.4. The first-order valence-electron chi connectivity index (χ1n) is 8.02. The number of aliphatic hydroxyl groups is 1. The van der Waals surface area contributed by atoms with Crippen LogP contribution in [0.3, 0.4) is 0 Å². The van der Waals surface area contributed by atoms with Crippen molar-refractivity contribution >= 4 is 10.0 Å². The van der Waals surface area contributed by atoms with E-state index in [1.807, 2.05) is 4.72 Å². The fraction of sp³-hybridized carbons (Fsp3) is 0.333. The van der Waals surface area contributed by atoms with Crippen LogP contribution < -0.4 is 9.46 Å². The van der Waals surface area contributed by atoms with Gasteiger partial charge in [-0.1, -0.05) is 42.5 Å². The lowest BCUT2D eigenvalue weighted by molar-refractivity contribution is -0.263. The molecule has 0 heterocycles. The molecule has 0 radical (unpaired) electrons. The van der Waals surface area contributed by atoms with E-state index < -0.39 is 39.7 Å². The van der Waals surface area contributed by atoms with Crippen LogP contribution in [0.2, 0.25) is 0 Å². The van der Waals surface area contributed by atoms with E-state index in [1.54, 1.807) is 24.3 Å². The quantitative estimate of drug-likeness (QED) is 0.711. The van der Waals surface area contributed by atoms with E-state index in [1.165, 1.54) is 25.3 Å². The lowest BCUT2D eigenvalue weighted by Gasteiger charge is -2.31. The molecule has 0 bridgehead atoms. The van der Waals surface area contributed by atoms with Crippen LogP contribution in [0, 0.1) is 0 Å². The highest BCUT2D eigenvalue weighted by atomic mass is 32.2. The van der Waals surface area contributed by atoms with Crippen LogP contribution >= 0.6 is 0 Å². The second-order valence-electron chi connectivity index (χ2n) is 5.96. The second kappa shape index (κ2) is 8.28. The highest BCUT2D eigenvalue weighted by Crippen LogP contribution is 2.38. The Morgan fingerprint density at radius 1 is 1.04 bits per heavy atom. The molecule has 0 aliphatic rings. The second-order valence-corrected chi connectivity index (χ2v) is 7.89. The van der Waals surface area contributed by atoms with Gasteiger partial charge in [0.2, 0.25) is 10.0 Å². The summed E-state index contributed by atoms with van der Waals surface area (Å²) in [5.74, 6) is 0.194. The summed E-state index contributed by atoms with van der Waals surface area (Å²) in [7, 11) is -2.54. The van der Waals surface area contributed by atoms with E-state index in [0.717, 1.165) is 12.1 Å². The number of rotatable bonds is 8. The maximum atomic E-state index is 13.4. The van der Waals surface area contributed by atoms with E-state index in [-0.39, 0.29) is 6.42 Å². The molecule has 0 spiro atoms. The Kier molecular flexibility index (Phi) is 6.50. The summed E-state index contributed by atoms with van der Waals surface area (Å²) >= 11 is 0. The van der Waals surface area contributed by atoms with Crippen molar-refractivity contribution in [3.05, 3.63) is 65.7 Å². The molecule has 0 aliphatic carbocycles. The first kappa shape index (κ1) is 21.2. The summed E-state index contributed by atoms with van der Waals surface area (Å²) in [6.07, 6.45) is -4.94. The first-order chi connectivity index (χ1) is 12.6. The number of ether oxygens (including phenoxy) is 1. The number of methoxy groups -OCH3 is 1. The Balaban J connectivity index is 2.06. The van der Waals surface area contributed by atoms with Crippen LogP contribution in [0.15, 0.2) is 54.6 Å². The van der Waals surface area contributed by atoms with Crippen LogP contribution in [0.5, 0.6) is 5.75 Å². The molecule has 5 nitrogen and oxygen atoms in total. The number of nitrogens with one attached hydrogen (secondary N) is 1. The number of benzene rings is 2. The summed E-state index contributed by atoms with van der Waals surface area (Å²) in [6.45, 7) is -1.20. The molecule has 1 unspecified atom stereocenters. The van der Waals surface area contributed by atoms with E-state index >= 15 is 0 Å². The summed E-state index contributed by atoms with van der Waals surface area (Å²) < 4.78 is 71.3.